The number of hydrogen-bond acceptors (Lipinski definition) is 1. The number of nitrogens with zero attached hydrogens (tertiary/aromatic N) is 1. The number of anilines is 1. The Hall–Kier alpha value is -3.07. The van der Waals surface area contributed by atoms with Crippen molar-refractivity contribution in [3.05, 3.63) is 90.5 Å². The zero-order chi connectivity index (χ0) is 18.5. The summed E-state index contributed by atoms with van der Waals surface area (Å²) in [7, 11) is 0. The van der Waals surface area contributed by atoms with Crippen molar-refractivity contribution in [3.8, 4) is 11.1 Å². The van der Waals surface area contributed by atoms with Gasteiger partial charge in [-0.05, 0) is 30.0 Å². The van der Waals surface area contributed by atoms with Gasteiger partial charge in [0.1, 0.15) is 0 Å². The Bertz CT molecular complexity index is 893. The molecule has 0 bridgehead atoms. The third-order valence-corrected chi connectivity index (χ3v) is 5.23. The normalized spacial score (nSPS) is 16.7. The van der Waals surface area contributed by atoms with Crippen molar-refractivity contribution in [3.63, 3.8) is 0 Å². The molecule has 1 atom stereocenters. The van der Waals surface area contributed by atoms with E-state index in [1.165, 1.54) is 5.56 Å². The van der Waals surface area contributed by atoms with Gasteiger partial charge in [0.2, 0.25) is 0 Å². The smallest absolute Gasteiger partial charge is 0.321 e. The van der Waals surface area contributed by atoms with Crippen molar-refractivity contribution in [1.82, 2.24) is 4.90 Å². The van der Waals surface area contributed by atoms with Gasteiger partial charge in [0.15, 0.2) is 0 Å². The molecule has 1 fully saturated rings. The molecule has 4 rings (SSSR count). The topological polar surface area (TPSA) is 32.3 Å². The molecule has 1 heterocycles. The van der Waals surface area contributed by atoms with Crippen LogP contribution in [0.2, 0.25) is 0 Å². The summed E-state index contributed by atoms with van der Waals surface area (Å²) in [6.07, 6.45) is 2.17. The van der Waals surface area contributed by atoms with E-state index in [0.717, 1.165) is 42.7 Å². The number of likely N-dealkylation sites (tertiary alicyclic amines) is 1. The minimum atomic E-state index is -0.0148. The fourth-order valence-electron chi connectivity index (χ4n) is 3.81. The first-order valence-corrected chi connectivity index (χ1v) is 9.56. The van der Waals surface area contributed by atoms with E-state index >= 15 is 0 Å². The van der Waals surface area contributed by atoms with Crippen LogP contribution in [0, 0.1) is 0 Å². The molecule has 3 nitrogen and oxygen atoms in total. The summed E-state index contributed by atoms with van der Waals surface area (Å²) in [5.74, 6) is 0.412. The van der Waals surface area contributed by atoms with Gasteiger partial charge in [-0.25, -0.2) is 4.79 Å². The Labute approximate surface area is 160 Å². The summed E-state index contributed by atoms with van der Waals surface area (Å²) in [5.41, 5.74) is 4.33. The molecule has 1 saturated heterocycles. The van der Waals surface area contributed by atoms with E-state index in [2.05, 4.69) is 41.7 Å². The van der Waals surface area contributed by atoms with Crippen LogP contribution in [0.5, 0.6) is 0 Å². The van der Waals surface area contributed by atoms with Crippen LogP contribution in [0.3, 0.4) is 0 Å². The molecule has 0 unspecified atom stereocenters. The van der Waals surface area contributed by atoms with Crippen molar-refractivity contribution in [1.29, 1.82) is 0 Å². The van der Waals surface area contributed by atoms with Gasteiger partial charge in [-0.1, -0.05) is 78.9 Å². The van der Waals surface area contributed by atoms with Crippen LogP contribution in [-0.2, 0) is 0 Å². The largest absolute Gasteiger partial charge is 0.324 e. The highest BCUT2D eigenvalue weighted by molar-refractivity contribution is 5.94. The zero-order valence-electron chi connectivity index (χ0n) is 15.3. The van der Waals surface area contributed by atoms with E-state index < -0.39 is 0 Å². The number of urea groups is 1. The lowest BCUT2D eigenvalue weighted by atomic mass is 9.91. The molecule has 1 aliphatic rings. The lowest BCUT2D eigenvalue weighted by Gasteiger charge is -2.33. The number of hydrogen-bond donors (Lipinski definition) is 1. The molecule has 0 aliphatic carbocycles. The van der Waals surface area contributed by atoms with Crippen LogP contribution < -0.4 is 5.32 Å². The maximum absolute atomic E-state index is 12.9. The number of piperidine rings is 1. The highest BCUT2D eigenvalue weighted by Crippen LogP contribution is 2.30. The third kappa shape index (κ3) is 4.03. The molecule has 27 heavy (non-hydrogen) atoms. The highest BCUT2D eigenvalue weighted by atomic mass is 16.2. The first-order chi connectivity index (χ1) is 13.3. The molecule has 3 heteroatoms. The van der Waals surface area contributed by atoms with Crippen LogP contribution in [0.15, 0.2) is 84.9 Å². The van der Waals surface area contributed by atoms with Gasteiger partial charge in [-0.3, -0.25) is 0 Å². The molecule has 1 aliphatic heterocycles. The van der Waals surface area contributed by atoms with Crippen molar-refractivity contribution in [2.75, 3.05) is 18.4 Å². The van der Waals surface area contributed by atoms with Crippen LogP contribution >= 0.6 is 0 Å². The molecule has 0 spiro atoms. The van der Waals surface area contributed by atoms with Crippen molar-refractivity contribution < 1.29 is 4.79 Å². The Balaban J connectivity index is 1.50. The standard InChI is InChI=1S/C24H24N2O/c27-24(26-17-9-14-21(18-26)19-10-3-1-4-11-19)25-23-16-8-7-15-22(23)20-12-5-2-6-13-20/h1-8,10-13,15-16,21H,9,14,17-18H2,(H,25,27)/t21-/m0/s1. The number of carbonyl (C=O) groups is 1. The van der Waals surface area contributed by atoms with Gasteiger partial charge in [-0.15, -0.1) is 0 Å². The fraction of sp³-hybridized carbons (Fsp3) is 0.208. The monoisotopic (exact) mass is 356 g/mol. The van der Waals surface area contributed by atoms with Crippen molar-refractivity contribution in [2.24, 2.45) is 0 Å². The Morgan fingerprint density at radius 2 is 1.52 bits per heavy atom. The number of nitrogens with one attached hydrogen (secondary N) is 1. The maximum atomic E-state index is 12.9. The second kappa shape index (κ2) is 8.09. The molecule has 2 amide bonds. The molecule has 1 N–H and O–H groups in total. The van der Waals surface area contributed by atoms with Crippen molar-refractivity contribution >= 4 is 11.7 Å². The van der Waals surface area contributed by atoms with Gasteiger partial charge in [0.25, 0.3) is 0 Å². The summed E-state index contributed by atoms with van der Waals surface area (Å²) < 4.78 is 0. The Morgan fingerprint density at radius 3 is 2.30 bits per heavy atom. The lowest BCUT2D eigenvalue weighted by molar-refractivity contribution is 0.193. The highest BCUT2D eigenvalue weighted by Gasteiger charge is 2.25. The molecule has 3 aromatic carbocycles. The quantitative estimate of drug-likeness (QED) is 0.635. The number of para-hydroxylation sites is 1. The summed E-state index contributed by atoms with van der Waals surface area (Å²) in [6, 6.07) is 28.7. The van der Waals surface area contributed by atoms with E-state index in [0.29, 0.717) is 5.92 Å². The van der Waals surface area contributed by atoms with E-state index in [9.17, 15) is 4.79 Å². The van der Waals surface area contributed by atoms with E-state index in [4.69, 9.17) is 0 Å². The van der Waals surface area contributed by atoms with E-state index in [1.807, 2.05) is 53.4 Å². The van der Waals surface area contributed by atoms with Crippen molar-refractivity contribution in [2.45, 2.75) is 18.8 Å². The number of benzene rings is 3. The van der Waals surface area contributed by atoms with Crippen LogP contribution in [0.4, 0.5) is 10.5 Å². The molecule has 136 valence electrons. The fourth-order valence-corrected chi connectivity index (χ4v) is 3.81. The van der Waals surface area contributed by atoms with E-state index in [-0.39, 0.29) is 6.03 Å². The molecule has 0 radical (unpaired) electrons. The second-order valence-electron chi connectivity index (χ2n) is 7.04. The Morgan fingerprint density at radius 1 is 0.852 bits per heavy atom. The van der Waals surface area contributed by atoms with Crippen LogP contribution in [-0.4, -0.2) is 24.0 Å². The number of carbonyl (C=O) groups excluding carboxylic acids is 1. The molecule has 0 aromatic heterocycles. The van der Waals surface area contributed by atoms with E-state index in [1.54, 1.807) is 0 Å². The van der Waals surface area contributed by atoms with Crippen LogP contribution in [0.25, 0.3) is 11.1 Å². The van der Waals surface area contributed by atoms with Crippen LogP contribution in [0.1, 0.15) is 24.3 Å². The van der Waals surface area contributed by atoms with Gasteiger partial charge in [-0.2, -0.15) is 0 Å². The first kappa shape index (κ1) is 17.3. The SMILES string of the molecule is O=C(Nc1ccccc1-c1ccccc1)N1CCC[C@H](c2ccccc2)C1. The molecule has 0 saturated carbocycles. The third-order valence-electron chi connectivity index (χ3n) is 5.23. The number of amides is 2. The average Bonchev–Trinajstić information content (AvgIpc) is 2.75. The minimum Gasteiger partial charge on any atom is -0.324 e. The minimum absolute atomic E-state index is 0.0148. The first-order valence-electron chi connectivity index (χ1n) is 9.56. The summed E-state index contributed by atoms with van der Waals surface area (Å²) >= 11 is 0. The zero-order valence-corrected chi connectivity index (χ0v) is 15.3. The number of rotatable bonds is 3. The summed E-state index contributed by atoms with van der Waals surface area (Å²) in [6.45, 7) is 1.58. The second-order valence-corrected chi connectivity index (χ2v) is 7.04. The van der Waals surface area contributed by atoms with Gasteiger partial charge < -0.3 is 10.2 Å². The molecular weight excluding hydrogens is 332 g/mol. The van der Waals surface area contributed by atoms with Gasteiger partial charge in [0.05, 0.1) is 5.69 Å². The summed E-state index contributed by atoms with van der Waals surface area (Å²) in [5, 5.41) is 3.14. The predicted molar refractivity (Wildman–Crippen MR) is 111 cm³/mol. The Kier molecular flexibility index (Phi) is 5.20. The molecular formula is C24H24N2O. The summed E-state index contributed by atoms with van der Waals surface area (Å²) in [4.78, 5) is 14.9. The maximum Gasteiger partial charge on any atom is 0.321 e. The average molecular weight is 356 g/mol. The van der Waals surface area contributed by atoms with Gasteiger partial charge in [0, 0.05) is 24.6 Å². The predicted octanol–water partition coefficient (Wildman–Crippen LogP) is 5.77. The lowest BCUT2D eigenvalue weighted by Crippen LogP contribution is -2.41. The van der Waals surface area contributed by atoms with Gasteiger partial charge >= 0.3 is 6.03 Å². The molecule has 3 aromatic rings.